The van der Waals surface area contributed by atoms with Gasteiger partial charge in [-0.1, -0.05) is 62.7 Å². The average molecular weight is 664 g/mol. The van der Waals surface area contributed by atoms with Crippen molar-refractivity contribution >= 4 is 34.3 Å². The SMILES string of the molecule is CC(C)C[C@H]1C(=O)N2c3ccccc3[C@@](O)(C[C@@H]3NC(=O)c4ccccc4-n4c3nc3ccccc3c4=O)[C@H]2N1C(=O)C(N)CCCCN. The molecule has 12 heteroatoms. The average Bonchev–Trinajstić information content (AvgIpc) is 3.47. The van der Waals surface area contributed by atoms with Gasteiger partial charge in [-0.3, -0.25) is 28.6 Å². The fraction of sp³-hybridized carbons (Fsp3) is 0.378. The number of carbonyl (C=O) groups excluding carboxylic acids is 3. The minimum atomic E-state index is -1.90. The molecule has 1 saturated heterocycles. The highest BCUT2D eigenvalue weighted by molar-refractivity contribution is 6.06. The topological polar surface area (TPSA) is 177 Å². The Balaban J connectivity index is 1.40. The molecule has 4 heterocycles. The van der Waals surface area contributed by atoms with Crippen LogP contribution < -0.4 is 27.2 Å². The summed E-state index contributed by atoms with van der Waals surface area (Å²) in [5, 5.41) is 16.6. The Morgan fingerprint density at radius 1 is 0.980 bits per heavy atom. The third-order valence-corrected chi connectivity index (χ3v) is 9.98. The van der Waals surface area contributed by atoms with Crippen LogP contribution in [0.1, 0.15) is 73.7 Å². The first-order chi connectivity index (χ1) is 23.6. The summed E-state index contributed by atoms with van der Waals surface area (Å²) in [6, 6.07) is 18.0. The van der Waals surface area contributed by atoms with Crippen molar-refractivity contribution in [1.82, 2.24) is 19.8 Å². The molecule has 5 atom stereocenters. The van der Waals surface area contributed by atoms with Gasteiger partial charge in [0.15, 0.2) is 0 Å². The summed E-state index contributed by atoms with van der Waals surface area (Å²) < 4.78 is 1.43. The van der Waals surface area contributed by atoms with Gasteiger partial charge in [0, 0.05) is 12.0 Å². The Hall–Kier alpha value is -4.91. The van der Waals surface area contributed by atoms with Crippen molar-refractivity contribution < 1.29 is 19.5 Å². The van der Waals surface area contributed by atoms with E-state index in [1.54, 1.807) is 72.8 Å². The number of hydrogen-bond donors (Lipinski definition) is 4. The van der Waals surface area contributed by atoms with Gasteiger partial charge in [-0.05, 0) is 62.1 Å². The number of anilines is 1. The van der Waals surface area contributed by atoms with E-state index in [1.165, 1.54) is 14.4 Å². The van der Waals surface area contributed by atoms with Crippen molar-refractivity contribution in [3.8, 4) is 5.69 Å². The first-order valence-electron chi connectivity index (χ1n) is 16.9. The van der Waals surface area contributed by atoms with Crippen LogP contribution in [-0.4, -0.2) is 62.1 Å². The number of benzene rings is 3. The molecule has 1 unspecified atom stereocenters. The quantitative estimate of drug-likeness (QED) is 0.198. The molecular formula is C37H41N7O5. The Bertz CT molecular complexity index is 2030. The zero-order chi connectivity index (χ0) is 34.6. The maximum Gasteiger partial charge on any atom is 0.266 e. The lowest BCUT2D eigenvalue weighted by molar-refractivity contribution is -0.144. The zero-order valence-corrected chi connectivity index (χ0v) is 27.6. The first kappa shape index (κ1) is 32.6. The minimum absolute atomic E-state index is 0.0527. The van der Waals surface area contributed by atoms with Gasteiger partial charge in [0.1, 0.15) is 23.6 Å². The molecule has 3 aromatic carbocycles. The molecule has 49 heavy (non-hydrogen) atoms. The number of nitrogens with zero attached hydrogens (tertiary/aromatic N) is 4. The third kappa shape index (κ3) is 5.22. The second kappa shape index (κ2) is 12.5. The number of aromatic nitrogens is 2. The van der Waals surface area contributed by atoms with Crippen molar-refractivity contribution in [3.63, 3.8) is 0 Å². The number of unbranched alkanes of at least 4 members (excludes halogenated alkanes) is 1. The van der Waals surface area contributed by atoms with E-state index in [2.05, 4.69) is 5.32 Å². The number of carbonyl (C=O) groups is 3. The van der Waals surface area contributed by atoms with Gasteiger partial charge in [-0.25, -0.2) is 4.98 Å². The normalized spacial score (nSPS) is 23.2. The molecule has 6 N–H and O–H groups in total. The highest BCUT2D eigenvalue weighted by atomic mass is 16.3. The van der Waals surface area contributed by atoms with E-state index in [-0.39, 0.29) is 35.2 Å². The molecule has 1 aromatic heterocycles. The lowest BCUT2D eigenvalue weighted by Gasteiger charge is -2.40. The maximum absolute atomic E-state index is 14.3. The molecular weight excluding hydrogens is 622 g/mol. The predicted octanol–water partition coefficient (Wildman–Crippen LogP) is 2.83. The van der Waals surface area contributed by atoms with Crippen molar-refractivity contribution in [2.75, 3.05) is 11.4 Å². The zero-order valence-electron chi connectivity index (χ0n) is 27.6. The van der Waals surface area contributed by atoms with E-state index in [9.17, 15) is 24.3 Å². The molecule has 4 aromatic rings. The maximum atomic E-state index is 14.3. The number of para-hydroxylation sites is 3. The first-order valence-corrected chi connectivity index (χ1v) is 16.9. The summed E-state index contributed by atoms with van der Waals surface area (Å²) in [7, 11) is 0. The van der Waals surface area contributed by atoms with Crippen molar-refractivity contribution in [3.05, 3.63) is 100 Å². The van der Waals surface area contributed by atoms with Gasteiger partial charge in [-0.2, -0.15) is 0 Å². The molecule has 0 bridgehead atoms. The Morgan fingerprint density at radius 3 is 2.43 bits per heavy atom. The van der Waals surface area contributed by atoms with Crippen LogP contribution in [-0.2, 0) is 15.2 Å². The van der Waals surface area contributed by atoms with Gasteiger partial charge >= 0.3 is 0 Å². The van der Waals surface area contributed by atoms with Crippen LogP contribution in [0.5, 0.6) is 0 Å². The molecule has 3 amide bonds. The molecule has 0 spiro atoms. The fourth-order valence-electron chi connectivity index (χ4n) is 7.78. The number of hydrogen-bond acceptors (Lipinski definition) is 8. The van der Waals surface area contributed by atoms with Gasteiger partial charge in [-0.15, -0.1) is 0 Å². The fourth-order valence-corrected chi connectivity index (χ4v) is 7.78. The molecule has 7 rings (SSSR count). The summed E-state index contributed by atoms with van der Waals surface area (Å²) >= 11 is 0. The summed E-state index contributed by atoms with van der Waals surface area (Å²) in [5.74, 6) is -0.908. The highest BCUT2D eigenvalue weighted by Crippen LogP contribution is 2.53. The van der Waals surface area contributed by atoms with E-state index in [0.29, 0.717) is 60.1 Å². The molecule has 0 aliphatic carbocycles. The van der Waals surface area contributed by atoms with Crippen LogP contribution in [0.2, 0.25) is 0 Å². The Kier molecular flexibility index (Phi) is 8.34. The van der Waals surface area contributed by atoms with E-state index in [4.69, 9.17) is 16.5 Å². The van der Waals surface area contributed by atoms with Crippen LogP contribution >= 0.6 is 0 Å². The van der Waals surface area contributed by atoms with Crippen LogP contribution in [0, 0.1) is 5.92 Å². The van der Waals surface area contributed by atoms with Gasteiger partial charge in [0.25, 0.3) is 17.4 Å². The van der Waals surface area contributed by atoms with Crippen LogP contribution in [0.15, 0.2) is 77.6 Å². The summed E-state index contributed by atoms with van der Waals surface area (Å²) in [6.45, 7) is 4.42. The minimum Gasteiger partial charge on any atom is -0.381 e. The summed E-state index contributed by atoms with van der Waals surface area (Å²) in [5.41, 5.74) is 11.9. The summed E-state index contributed by atoms with van der Waals surface area (Å²) in [4.78, 5) is 64.6. The van der Waals surface area contributed by atoms with Crippen molar-refractivity contribution in [1.29, 1.82) is 0 Å². The van der Waals surface area contributed by atoms with E-state index >= 15 is 0 Å². The summed E-state index contributed by atoms with van der Waals surface area (Å²) in [6.07, 6.45) is 0.717. The molecule has 0 radical (unpaired) electrons. The third-order valence-electron chi connectivity index (χ3n) is 9.98. The smallest absolute Gasteiger partial charge is 0.266 e. The van der Waals surface area contributed by atoms with Crippen molar-refractivity contribution in [2.24, 2.45) is 17.4 Å². The van der Waals surface area contributed by atoms with E-state index < -0.39 is 41.7 Å². The lowest BCUT2D eigenvalue weighted by Crippen LogP contribution is -2.58. The number of aliphatic hydroxyl groups is 1. The Morgan fingerprint density at radius 2 is 1.67 bits per heavy atom. The molecule has 3 aliphatic rings. The lowest BCUT2D eigenvalue weighted by atomic mass is 9.85. The number of rotatable bonds is 9. The highest BCUT2D eigenvalue weighted by Gasteiger charge is 2.64. The second-order valence-electron chi connectivity index (χ2n) is 13.7. The Labute approximate surface area is 283 Å². The number of nitrogens with one attached hydrogen (secondary N) is 1. The molecule has 12 nitrogen and oxygen atoms in total. The molecule has 1 fully saturated rings. The van der Waals surface area contributed by atoms with Gasteiger partial charge in [0.05, 0.1) is 39.9 Å². The predicted molar refractivity (Wildman–Crippen MR) is 185 cm³/mol. The van der Waals surface area contributed by atoms with Crippen LogP contribution in [0.3, 0.4) is 0 Å². The number of fused-ring (bicyclic) bond motifs is 7. The van der Waals surface area contributed by atoms with Crippen LogP contribution in [0.4, 0.5) is 5.69 Å². The van der Waals surface area contributed by atoms with Crippen molar-refractivity contribution in [2.45, 2.75) is 75.8 Å². The second-order valence-corrected chi connectivity index (χ2v) is 13.7. The van der Waals surface area contributed by atoms with Gasteiger partial charge in [0.2, 0.25) is 5.91 Å². The van der Waals surface area contributed by atoms with Gasteiger partial charge < -0.3 is 26.8 Å². The number of amides is 3. The van der Waals surface area contributed by atoms with E-state index in [1.807, 2.05) is 13.8 Å². The largest absolute Gasteiger partial charge is 0.381 e. The molecule has 0 saturated carbocycles. The van der Waals surface area contributed by atoms with E-state index in [0.717, 1.165) is 0 Å². The number of nitrogens with two attached hydrogens (primary N) is 2. The van der Waals surface area contributed by atoms with Crippen LogP contribution in [0.25, 0.3) is 16.6 Å². The standard InChI is InChI=1S/C37H41N7O5/c1-21(2)19-30-35(48)43-29-17-8-5-13-24(29)37(49,36(43)44(30)34(47)25(39)14-9-10-18-38)20-27-31-40-26-15-6-3-11-22(26)33(46)42(31)28-16-7-4-12-23(28)32(45)41-27/h3-8,11-13,15-17,21,25,27,30,36,49H,9-10,14,18-20,38-39H2,1-2H3,(H,41,45)/t25?,27-,30-,36+,37-/m0/s1. The molecule has 254 valence electrons. The molecule has 3 aliphatic heterocycles. The monoisotopic (exact) mass is 663 g/mol.